The third-order valence-electron chi connectivity index (χ3n) is 4.98. The van der Waals surface area contributed by atoms with E-state index in [0.29, 0.717) is 31.8 Å². The van der Waals surface area contributed by atoms with Crippen LogP contribution in [0, 0.1) is 11.8 Å². The summed E-state index contributed by atoms with van der Waals surface area (Å²) in [6, 6.07) is 9.53. The molecule has 1 atom stereocenters. The van der Waals surface area contributed by atoms with Gasteiger partial charge in [0.15, 0.2) is 0 Å². The Labute approximate surface area is 163 Å². The number of carbonyl (C=O) groups excluding carboxylic acids is 1. The molecule has 1 fully saturated rings. The Balaban J connectivity index is 1.83. The SMILES string of the molecule is CC(C)CC[C@H](C)NC(=O)C1CCN(S(=O)(=O)/C=C/c2ccccc2)CC1. The standard InChI is InChI=1S/C21H32N2O3S/c1-17(2)9-10-18(3)22-21(24)20-11-14-23(15-12-20)27(25,26)16-13-19-7-5-4-6-8-19/h4-8,13,16-18,20H,9-12,14-15H2,1-3H3,(H,22,24)/b16-13+/t18-/m0/s1. The fraction of sp³-hybridized carbons (Fsp3) is 0.571. The second-order valence-electron chi connectivity index (χ2n) is 7.81. The van der Waals surface area contributed by atoms with Gasteiger partial charge in [0.25, 0.3) is 0 Å². The molecule has 150 valence electrons. The van der Waals surface area contributed by atoms with Gasteiger partial charge < -0.3 is 5.32 Å². The van der Waals surface area contributed by atoms with E-state index in [0.717, 1.165) is 18.4 Å². The summed E-state index contributed by atoms with van der Waals surface area (Å²) in [6.07, 6.45) is 4.82. The molecule has 1 aromatic rings. The lowest BCUT2D eigenvalue weighted by atomic mass is 9.96. The van der Waals surface area contributed by atoms with E-state index in [1.165, 1.54) is 9.71 Å². The Morgan fingerprint density at radius 2 is 1.78 bits per heavy atom. The maximum absolute atomic E-state index is 12.5. The molecule has 1 heterocycles. The van der Waals surface area contributed by atoms with Crippen molar-refractivity contribution in [3.8, 4) is 0 Å². The van der Waals surface area contributed by atoms with Gasteiger partial charge in [-0.1, -0.05) is 44.2 Å². The van der Waals surface area contributed by atoms with Crippen LogP contribution in [0.3, 0.4) is 0 Å². The zero-order valence-corrected chi connectivity index (χ0v) is 17.4. The third kappa shape index (κ3) is 7.11. The van der Waals surface area contributed by atoms with Crippen molar-refractivity contribution < 1.29 is 13.2 Å². The normalized spacial score (nSPS) is 18.1. The van der Waals surface area contributed by atoms with Gasteiger partial charge in [-0.3, -0.25) is 4.79 Å². The minimum absolute atomic E-state index is 0.0585. The van der Waals surface area contributed by atoms with Crippen molar-refractivity contribution in [1.29, 1.82) is 0 Å². The molecule has 1 aliphatic rings. The Hall–Kier alpha value is -1.66. The molecule has 5 nitrogen and oxygen atoms in total. The molecule has 27 heavy (non-hydrogen) atoms. The first-order valence-electron chi connectivity index (χ1n) is 9.81. The van der Waals surface area contributed by atoms with Gasteiger partial charge in [-0.2, -0.15) is 4.31 Å². The smallest absolute Gasteiger partial charge is 0.236 e. The fourth-order valence-corrected chi connectivity index (χ4v) is 4.42. The number of benzene rings is 1. The van der Waals surface area contributed by atoms with Gasteiger partial charge in [-0.05, 0) is 50.2 Å². The molecule has 1 amide bonds. The van der Waals surface area contributed by atoms with Crippen molar-refractivity contribution >= 4 is 22.0 Å². The summed E-state index contributed by atoms with van der Waals surface area (Å²) in [4.78, 5) is 12.4. The van der Waals surface area contributed by atoms with Crippen LogP contribution < -0.4 is 5.32 Å². The molecular formula is C21H32N2O3S. The van der Waals surface area contributed by atoms with Gasteiger partial charge >= 0.3 is 0 Å². The Morgan fingerprint density at radius 1 is 1.15 bits per heavy atom. The van der Waals surface area contributed by atoms with E-state index < -0.39 is 10.0 Å². The molecule has 0 aliphatic carbocycles. The minimum atomic E-state index is -3.45. The van der Waals surface area contributed by atoms with E-state index in [4.69, 9.17) is 0 Å². The first kappa shape index (κ1) is 21.6. The van der Waals surface area contributed by atoms with Crippen LogP contribution in [0.4, 0.5) is 0 Å². The summed E-state index contributed by atoms with van der Waals surface area (Å²) < 4.78 is 26.5. The van der Waals surface area contributed by atoms with Gasteiger partial charge in [-0.25, -0.2) is 8.42 Å². The van der Waals surface area contributed by atoms with Crippen LogP contribution in [0.15, 0.2) is 35.7 Å². The quantitative estimate of drug-likeness (QED) is 0.734. The van der Waals surface area contributed by atoms with Crippen LogP contribution in [0.2, 0.25) is 0 Å². The van der Waals surface area contributed by atoms with E-state index in [2.05, 4.69) is 19.2 Å². The van der Waals surface area contributed by atoms with Crippen LogP contribution in [0.1, 0.15) is 52.0 Å². The Kier molecular flexibility index (Phi) is 8.05. The highest BCUT2D eigenvalue weighted by Gasteiger charge is 2.30. The number of rotatable bonds is 8. The molecule has 1 aromatic carbocycles. The van der Waals surface area contributed by atoms with E-state index in [9.17, 15) is 13.2 Å². The maximum Gasteiger partial charge on any atom is 0.236 e. The molecule has 0 spiro atoms. The second-order valence-corrected chi connectivity index (χ2v) is 9.63. The lowest BCUT2D eigenvalue weighted by molar-refractivity contribution is -0.126. The molecule has 0 radical (unpaired) electrons. The lowest BCUT2D eigenvalue weighted by Gasteiger charge is -2.30. The van der Waals surface area contributed by atoms with Crippen LogP contribution in [-0.4, -0.2) is 37.8 Å². The van der Waals surface area contributed by atoms with E-state index in [-0.39, 0.29) is 17.9 Å². The average molecular weight is 393 g/mol. The highest BCUT2D eigenvalue weighted by molar-refractivity contribution is 7.92. The number of hydrogen-bond donors (Lipinski definition) is 1. The number of hydrogen-bond acceptors (Lipinski definition) is 3. The zero-order valence-electron chi connectivity index (χ0n) is 16.6. The summed E-state index contributed by atoms with van der Waals surface area (Å²) in [7, 11) is -3.45. The largest absolute Gasteiger partial charge is 0.353 e. The predicted molar refractivity (Wildman–Crippen MR) is 110 cm³/mol. The molecule has 0 unspecified atom stereocenters. The van der Waals surface area contributed by atoms with E-state index in [1.807, 2.05) is 37.3 Å². The van der Waals surface area contributed by atoms with Crippen LogP contribution in [0.25, 0.3) is 6.08 Å². The summed E-state index contributed by atoms with van der Waals surface area (Å²) in [5.41, 5.74) is 0.853. The lowest BCUT2D eigenvalue weighted by Crippen LogP contribution is -2.44. The molecule has 1 aliphatic heterocycles. The van der Waals surface area contributed by atoms with Crippen LogP contribution >= 0.6 is 0 Å². The molecule has 1 saturated heterocycles. The number of piperidine rings is 1. The van der Waals surface area contributed by atoms with Crippen molar-refractivity contribution in [3.05, 3.63) is 41.3 Å². The second kappa shape index (κ2) is 10.0. The van der Waals surface area contributed by atoms with Gasteiger partial charge in [0.2, 0.25) is 15.9 Å². The monoisotopic (exact) mass is 392 g/mol. The molecule has 1 N–H and O–H groups in total. The molecule has 6 heteroatoms. The summed E-state index contributed by atoms with van der Waals surface area (Å²) in [6.45, 7) is 7.17. The highest BCUT2D eigenvalue weighted by atomic mass is 32.2. The Morgan fingerprint density at radius 3 is 2.37 bits per heavy atom. The van der Waals surface area contributed by atoms with Crippen LogP contribution in [0.5, 0.6) is 0 Å². The van der Waals surface area contributed by atoms with E-state index in [1.54, 1.807) is 6.08 Å². The van der Waals surface area contributed by atoms with Crippen molar-refractivity contribution in [1.82, 2.24) is 9.62 Å². The number of sulfonamides is 1. The first-order chi connectivity index (χ1) is 12.8. The molecule has 2 rings (SSSR count). The Bertz CT molecular complexity index is 721. The van der Waals surface area contributed by atoms with Crippen molar-refractivity contribution in [2.75, 3.05) is 13.1 Å². The first-order valence-corrected chi connectivity index (χ1v) is 11.3. The van der Waals surface area contributed by atoms with Gasteiger partial charge in [0.05, 0.1) is 0 Å². The topological polar surface area (TPSA) is 66.5 Å². The number of carbonyl (C=O) groups is 1. The fourth-order valence-electron chi connectivity index (χ4n) is 3.20. The van der Waals surface area contributed by atoms with Crippen LogP contribution in [-0.2, 0) is 14.8 Å². The number of amides is 1. The van der Waals surface area contributed by atoms with Crippen molar-refractivity contribution in [3.63, 3.8) is 0 Å². The molecule has 0 saturated carbocycles. The maximum atomic E-state index is 12.5. The van der Waals surface area contributed by atoms with Gasteiger partial charge in [-0.15, -0.1) is 0 Å². The third-order valence-corrected chi connectivity index (χ3v) is 6.55. The summed E-state index contributed by atoms with van der Waals surface area (Å²) in [5, 5.41) is 4.34. The predicted octanol–water partition coefficient (Wildman–Crippen LogP) is 3.64. The van der Waals surface area contributed by atoms with Crippen molar-refractivity contribution in [2.45, 2.75) is 52.5 Å². The van der Waals surface area contributed by atoms with Gasteiger partial charge in [0, 0.05) is 30.5 Å². The van der Waals surface area contributed by atoms with Crippen molar-refractivity contribution in [2.24, 2.45) is 11.8 Å². The number of nitrogens with zero attached hydrogens (tertiary/aromatic N) is 1. The molecule has 0 bridgehead atoms. The highest BCUT2D eigenvalue weighted by Crippen LogP contribution is 2.21. The summed E-state index contributed by atoms with van der Waals surface area (Å²) >= 11 is 0. The number of nitrogens with one attached hydrogen (secondary N) is 1. The van der Waals surface area contributed by atoms with E-state index >= 15 is 0 Å². The zero-order chi connectivity index (χ0) is 19.9. The molecular weight excluding hydrogens is 360 g/mol. The average Bonchev–Trinajstić information content (AvgIpc) is 2.66. The summed E-state index contributed by atoms with van der Waals surface area (Å²) in [5.74, 6) is 0.584. The molecule has 0 aromatic heterocycles. The van der Waals surface area contributed by atoms with Gasteiger partial charge in [0.1, 0.15) is 0 Å². The minimum Gasteiger partial charge on any atom is -0.353 e.